The van der Waals surface area contributed by atoms with E-state index in [4.69, 9.17) is 0 Å². The maximum Gasteiger partial charge on any atom is 0.165 e. The molecule has 0 aliphatic heterocycles. The summed E-state index contributed by atoms with van der Waals surface area (Å²) in [4.78, 5) is 0. The van der Waals surface area contributed by atoms with Crippen molar-refractivity contribution in [3.63, 3.8) is 0 Å². The van der Waals surface area contributed by atoms with E-state index in [9.17, 15) is 10.2 Å². The Morgan fingerprint density at radius 1 is 0.650 bits per heavy atom. The monoisotopic (exact) mass is 258 g/mol. The summed E-state index contributed by atoms with van der Waals surface area (Å²) in [5, 5.41) is 26.6. The van der Waals surface area contributed by atoms with Crippen molar-refractivity contribution in [1.29, 1.82) is 0 Å². The van der Waals surface area contributed by atoms with E-state index in [1.54, 1.807) is 6.07 Å². The average Bonchev–Trinajstić information content (AvgIpc) is 2.81. The summed E-state index contributed by atoms with van der Waals surface area (Å²) in [5.74, 6) is -0.0906. The SMILES string of the molecule is Oc1cc2c3c(ccc4ccc5cccc-2c5c43)c1O. The normalized spacial score (nSPS) is 12.4. The predicted octanol–water partition coefficient (Wildman–Crippen LogP) is 4.54. The maximum absolute atomic E-state index is 10.1. The summed E-state index contributed by atoms with van der Waals surface area (Å²) in [6.07, 6.45) is 0. The molecule has 20 heavy (non-hydrogen) atoms. The van der Waals surface area contributed by atoms with Crippen LogP contribution in [0.3, 0.4) is 0 Å². The summed E-state index contributed by atoms with van der Waals surface area (Å²) in [7, 11) is 0. The molecule has 0 saturated heterocycles. The van der Waals surface area contributed by atoms with Gasteiger partial charge in [-0.05, 0) is 44.8 Å². The lowest BCUT2D eigenvalue weighted by atomic mass is 10.00. The Morgan fingerprint density at radius 2 is 1.40 bits per heavy atom. The highest BCUT2D eigenvalue weighted by atomic mass is 16.3. The van der Waals surface area contributed by atoms with Gasteiger partial charge in [-0.2, -0.15) is 0 Å². The van der Waals surface area contributed by atoms with Crippen molar-refractivity contribution in [2.24, 2.45) is 0 Å². The third kappa shape index (κ3) is 0.946. The van der Waals surface area contributed by atoms with E-state index in [0.717, 1.165) is 21.9 Å². The summed E-state index contributed by atoms with van der Waals surface area (Å²) in [5.41, 5.74) is 2.14. The first-order valence-corrected chi connectivity index (χ1v) is 6.59. The van der Waals surface area contributed by atoms with Gasteiger partial charge in [0, 0.05) is 10.8 Å². The van der Waals surface area contributed by atoms with E-state index < -0.39 is 0 Å². The van der Waals surface area contributed by atoms with E-state index >= 15 is 0 Å². The van der Waals surface area contributed by atoms with Gasteiger partial charge < -0.3 is 10.2 Å². The fourth-order valence-electron chi connectivity index (χ4n) is 3.52. The number of hydrogen-bond donors (Lipinski definition) is 2. The first-order chi connectivity index (χ1) is 9.75. The van der Waals surface area contributed by atoms with Crippen molar-refractivity contribution in [3.05, 3.63) is 48.5 Å². The van der Waals surface area contributed by atoms with Gasteiger partial charge in [-0.25, -0.2) is 0 Å². The quantitative estimate of drug-likeness (QED) is 0.316. The zero-order valence-electron chi connectivity index (χ0n) is 10.5. The van der Waals surface area contributed by atoms with Gasteiger partial charge >= 0.3 is 0 Å². The standard InChI is InChI=1S/C18H10O2/c19-14-8-13-11-3-1-2-9-4-5-10-6-7-12(18(14)20)17(13)16(10)15(9)11/h1-8,19-20H. The van der Waals surface area contributed by atoms with E-state index in [0.29, 0.717) is 0 Å². The number of fused-ring (bicyclic) bond motifs is 1. The Hall–Kier alpha value is -2.74. The van der Waals surface area contributed by atoms with Gasteiger partial charge in [0.05, 0.1) is 0 Å². The van der Waals surface area contributed by atoms with Gasteiger partial charge in [0.1, 0.15) is 0 Å². The van der Waals surface area contributed by atoms with Crippen molar-refractivity contribution in [1.82, 2.24) is 0 Å². The molecule has 1 aliphatic rings. The van der Waals surface area contributed by atoms with Crippen LogP contribution in [-0.4, -0.2) is 10.2 Å². The highest BCUT2D eigenvalue weighted by molar-refractivity contribution is 6.33. The molecule has 94 valence electrons. The molecule has 2 heteroatoms. The Labute approximate surface area is 114 Å². The molecule has 5 rings (SSSR count). The third-order valence-electron chi connectivity index (χ3n) is 4.37. The van der Waals surface area contributed by atoms with Crippen molar-refractivity contribution < 1.29 is 10.2 Å². The molecular formula is C18H10O2. The van der Waals surface area contributed by atoms with Crippen LogP contribution in [0.15, 0.2) is 48.5 Å². The fourth-order valence-corrected chi connectivity index (χ4v) is 3.52. The number of aromatic hydroxyl groups is 2. The second kappa shape index (κ2) is 3.05. The second-order valence-corrected chi connectivity index (χ2v) is 5.35. The molecule has 2 nitrogen and oxygen atoms in total. The van der Waals surface area contributed by atoms with Gasteiger partial charge in [0.2, 0.25) is 0 Å². The number of hydrogen-bond acceptors (Lipinski definition) is 2. The Bertz CT molecular complexity index is 1060. The van der Waals surface area contributed by atoms with Crippen LogP contribution < -0.4 is 0 Å². The zero-order chi connectivity index (χ0) is 13.4. The molecule has 0 radical (unpaired) electrons. The van der Waals surface area contributed by atoms with Crippen LogP contribution in [0.5, 0.6) is 11.5 Å². The van der Waals surface area contributed by atoms with Crippen LogP contribution in [-0.2, 0) is 0 Å². The lowest BCUT2D eigenvalue weighted by Crippen LogP contribution is -1.79. The molecule has 2 N–H and O–H groups in total. The Kier molecular flexibility index (Phi) is 1.54. The maximum atomic E-state index is 10.1. The van der Waals surface area contributed by atoms with Gasteiger partial charge in [-0.1, -0.05) is 36.4 Å². The van der Waals surface area contributed by atoms with Crippen molar-refractivity contribution in [2.75, 3.05) is 0 Å². The van der Waals surface area contributed by atoms with Gasteiger partial charge in [-0.3, -0.25) is 0 Å². The van der Waals surface area contributed by atoms with E-state index in [-0.39, 0.29) is 11.5 Å². The van der Waals surface area contributed by atoms with Crippen LogP contribution in [0.25, 0.3) is 43.4 Å². The molecule has 0 heterocycles. The minimum absolute atomic E-state index is 0.0320. The van der Waals surface area contributed by atoms with E-state index in [1.807, 2.05) is 18.2 Å². The van der Waals surface area contributed by atoms with Crippen LogP contribution >= 0.6 is 0 Å². The van der Waals surface area contributed by atoms with Crippen LogP contribution in [0.2, 0.25) is 0 Å². The molecule has 0 spiro atoms. The lowest BCUT2D eigenvalue weighted by molar-refractivity contribution is 0.408. The van der Waals surface area contributed by atoms with Crippen molar-refractivity contribution >= 4 is 32.3 Å². The molecule has 0 fully saturated rings. The smallest absolute Gasteiger partial charge is 0.165 e. The molecule has 0 saturated carbocycles. The second-order valence-electron chi connectivity index (χ2n) is 5.35. The Balaban J connectivity index is 2.25. The highest BCUT2D eigenvalue weighted by Crippen LogP contribution is 2.51. The molecule has 0 aromatic heterocycles. The zero-order valence-corrected chi connectivity index (χ0v) is 10.5. The molecule has 0 bridgehead atoms. The number of phenolic OH excluding ortho intramolecular Hbond substituents is 2. The van der Waals surface area contributed by atoms with Crippen LogP contribution in [0.1, 0.15) is 0 Å². The van der Waals surface area contributed by atoms with E-state index in [1.165, 1.54) is 21.5 Å². The molecular weight excluding hydrogens is 248 g/mol. The highest BCUT2D eigenvalue weighted by Gasteiger charge is 2.22. The van der Waals surface area contributed by atoms with Crippen molar-refractivity contribution in [3.8, 4) is 22.6 Å². The van der Waals surface area contributed by atoms with E-state index in [2.05, 4.69) is 24.3 Å². The largest absolute Gasteiger partial charge is 0.504 e. The topological polar surface area (TPSA) is 40.5 Å². The summed E-state index contributed by atoms with van der Waals surface area (Å²) in [6, 6.07) is 16.0. The first kappa shape index (κ1) is 10.1. The van der Waals surface area contributed by atoms with Gasteiger partial charge in [-0.15, -0.1) is 0 Å². The molecule has 0 unspecified atom stereocenters. The van der Waals surface area contributed by atoms with Crippen LogP contribution in [0.4, 0.5) is 0 Å². The molecule has 4 aromatic carbocycles. The van der Waals surface area contributed by atoms with Crippen molar-refractivity contribution in [2.45, 2.75) is 0 Å². The van der Waals surface area contributed by atoms with Gasteiger partial charge in [0.15, 0.2) is 11.5 Å². The van der Waals surface area contributed by atoms with Gasteiger partial charge in [0.25, 0.3) is 0 Å². The minimum Gasteiger partial charge on any atom is -0.504 e. The number of benzene rings is 4. The summed E-state index contributed by atoms with van der Waals surface area (Å²) < 4.78 is 0. The molecule has 0 atom stereocenters. The molecule has 4 aromatic rings. The Morgan fingerprint density at radius 3 is 2.25 bits per heavy atom. The minimum atomic E-state index is -0.0586. The molecule has 1 aliphatic carbocycles. The average molecular weight is 258 g/mol. The molecule has 0 amide bonds. The fraction of sp³-hybridized carbons (Fsp3) is 0. The predicted molar refractivity (Wildman–Crippen MR) is 81.3 cm³/mol. The number of rotatable bonds is 0. The number of phenols is 2. The summed E-state index contributed by atoms with van der Waals surface area (Å²) >= 11 is 0. The van der Waals surface area contributed by atoms with Crippen LogP contribution in [0, 0.1) is 0 Å². The third-order valence-corrected chi connectivity index (χ3v) is 4.37. The first-order valence-electron chi connectivity index (χ1n) is 6.59. The lowest BCUT2D eigenvalue weighted by Gasteiger charge is -2.07. The summed E-state index contributed by atoms with van der Waals surface area (Å²) in [6.45, 7) is 0.